The van der Waals surface area contributed by atoms with Gasteiger partial charge < -0.3 is 19.0 Å². The molecule has 2 fully saturated rings. The Labute approximate surface area is 119 Å². The normalized spacial score (nSPS) is 24.8. The third-order valence-corrected chi connectivity index (χ3v) is 4.15. The van der Waals surface area contributed by atoms with Gasteiger partial charge in [-0.05, 0) is 37.4 Å². The third kappa shape index (κ3) is 3.22. The molecule has 2 aliphatic rings. The number of amides is 1. The molecule has 1 aromatic rings. The number of carbonyl (C=O) groups is 1. The Bertz CT molecular complexity index is 426. The van der Waals surface area contributed by atoms with Crippen LogP contribution in [0.2, 0.25) is 0 Å². The second-order valence-corrected chi connectivity index (χ2v) is 5.65. The Kier molecular flexibility index (Phi) is 4.38. The maximum Gasteiger partial charge on any atom is 0.289 e. The lowest BCUT2D eigenvalue weighted by Crippen LogP contribution is -2.36. The number of hydrogen-bond acceptors (Lipinski definition) is 4. The van der Waals surface area contributed by atoms with Crippen molar-refractivity contribution < 1.29 is 13.9 Å². The molecule has 0 aromatic carbocycles. The summed E-state index contributed by atoms with van der Waals surface area (Å²) in [5.74, 6) is 1.13. The number of nitrogens with zero attached hydrogens (tertiary/aromatic N) is 2. The van der Waals surface area contributed by atoms with E-state index in [1.807, 2.05) is 4.90 Å². The Morgan fingerprint density at radius 2 is 2.25 bits per heavy atom. The van der Waals surface area contributed by atoms with Gasteiger partial charge in [0.25, 0.3) is 5.91 Å². The predicted octanol–water partition coefficient (Wildman–Crippen LogP) is 1.46. The van der Waals surface area contributed by atoms with Crippen molar-refractivity contribution in [3.8, 4) is 0 Å². The van der Waals surface area contributed by atoms with Crippen LogP contribution in [0.5, 0.6) is 0 Å². The van der Waals surface area contributed by atoms with Crippen molar-refractivity contribution in [2.45, 2.75) is 12.8 Å². The van der Waals surface area contributed by atoms with E-state index in [-0.39, 0.29) is 5.91 Å². The minimum atomic E-state index is 0.0149. The molecule has 0 radical (unpaired) electrons. The third-order valence-electron chi connectivity index (χ3n) is 4.15. The molecule has 3 heterocycles. The van der Waals surface area contributed by atoms with Crippen LogP contribution in [0.25, 0.3) is 0 Å². The minimum absolute atomic E-state index is 0.0149. The van der Waals surface area contributed by atoms with Gasteiger partial charge in [-0.3, -0.25) is 4.79 Å². The van der Waals surface area contributed by atoms with Crippen molar-refractivity contribution in [1.29, 1.82) is 0 Å². The lowest BCUT2D eigenvalue weighted by molar-refractivity contribution is 0.0728. The lowest BCUT2D eigenvalue weighted by atomic mass is 10.1. The van der Waals surface area contributed by atoms with Gasteiger partial charge in [0, 0.05) is 32.8 Å². The fourth-order valence-electron chi connectivity index (χ4n) is 3.01. The Morgan fingerprint density at radius 3 is 3.00 bits per heavy atom. The highest BCUT2D eigenvalue weighted by molar-refractivity contribution is 5.91. The van der Waals surface area contributed by atoms with Gasteiger partial charge in [-0.25, -0.2) is 0 Å². The molecule has 0 bridgehead atoms. The molecule has 2 saturated heterocycles. The Hall–Kier alpha value is -1.33. The molecule has 3 rings (SSSR count). The van der Waals surface area contributed by atoms with Crippen LogP contribution in [0, 0.1) is 5.92 Å². The fourth-order valence-corrected chi connectivity index (χ4v) is 3.01. The summed E-state index contributed by atoms with van der Waals surface area (Å²) in [6, 6.07) is 3.50. The van der Waals surface area contributed by atoms with Crippen LogP contribution >= 0.6 is 0 Å². The summed E-state index contributed by atoms with van der Waals surface area (Å²) in [6.07, 6.45) is 3.75. The average Bonchev–Trinajstić information content (AvgIpc) is 3.10. The number of rotatable bonds is 3. The van der Waals surface area contributed by atoms with Crippen LogP contribution in [0.15, 0.2) is 22.8 Å². The lowest BCUT2D eigenvalue weighted by Gasteiger charge is -2.23. The van der Waals surface area contributed by atoms with Gasteiger partial charge in [0.1, 0.15) is 0 Å². The van der Waals surface area contributed by atoms with E-state index in [0.717, 1.165) is 52.4 Å². The summed E-state index contributed by atoms with van der Waals surface area (Å²) in [7, 11) is 0. The molecule has 1 atom stereocenters. The largest absolute Gasteiger partial charge is 0.459 e. The molecule has 5 nitrogen and oxygen atoms in total. The summed E-state index contributed by atoms with van der Waals surface area (Å²) in [5, 5.41) is 0. The van der Waals surface area contributed by atoms with E-state index in [4.69, 9.17) is 9.15 Å². The van der Waals surface area contributed by atoms with Crippen molar-refractivity contribution in [2.24, 2.45) is 5.92 Å². The zero-order chi connectivity index (χ0) is 13.8. The smallest absolute Gasteiger partial charge is 0.289 e. The highest BCUT2D eigenvalue weighted by Gasteiger charge is 2.24. The molecule has 20 heavy (non-hydrogen) atoms. The molecule has 2 aliphatic heterocycles. The van der Waals surface area contributed by atoms with Crippen molar-refractivity contribution in [3.05, 3.63) is 24.2 Å². The number of furan rings is 1. The molecule has 1 amide bonds. The van der Waals surface area contributed by atoms with Crippen molar-refractivity contribution >= 4 is 5.91 Å². The predicted molar refractivity (Wildman–Crippen MR) is 74.6 cm³/mol. The van der Waals surface area contributed by atoms with Crippen molar-refractivity contribution in [2.75, 3.05) is 45.9 Å². The number of carbonyl (C=O) groups excluding carboxylic acids is 1. The first-order valence-corrected chi connectivity index (χ1v) is 7.46. The zero-order valence-electron chi connectivity index (χ0n) is 11.8. The van der Waals surface area contributed by atoms with Gasteiger partial charge in [0.05, 0.1) is 12.9 Å². The maximum absolute atomic E-state index is 12.3. The molecule has 0 unspecified atom stereocenters. The van der Waals surface area contributed by atoms with E-state index in [1.54, 1.807) is 18.4 Å². The monoisotopic (exact) mass is 278 g/mol. The van der Waals surface area contributed by atoms with E-state index in [2.05, 4.69) is 4.90 Å². The van der Waals surface area contributed by atoms with Crippen LogP contribution in [-0.2, 0) is 4.74 Å². The van der Waals surface area contributed by atoms with Crippen LogP contribution in [0.1, 0.15) is 23.4 Å². The van der Waals surface area contributed by atoms with Gasteiger partial charge >= 0.3 is 0 Å². The van der Waals surface area contributed by atoms with Crippen LogP contribution in [0.4, 0.5) is 0 Å². The molecule has 110 valence electrons. The maximum atomic E-state index is 12.3. The molecular weight excluding hydrogens is 256 g/mol. The molecule has 0 N–H and O–H groups in total. The fraction of sp³-hybridized carbons (Fsp3) is 0.667. The average molecular weight is 278 g/mol. The summed E-state index contributed by atoms with van der Waals surface area (Å²) >= 11 is 0. The van der Waals surface area contributed by atoms with Gasteiger partial charge in [-0.15, -0.1) is 0 Å². The van der Waals surface area contributed by atoms with Crippen molar-refractivity contribution in [3.63, 3.8) is 0 Å². The Morgan fingerprint density at radius 1 is 1.30 bits per heavy atom. The number of ether oxygens (including phenoxy) is 1. The first kappa shape index (κ1) is 13.6. The Balaban J connectivity index is 1.52. The minimum Gasteiger partial charge on any atom is -0.459 e. The standard InChI is InChI=1S/C15H22N2O3/c18-15(14-3-1-9-20-14)17-6-2-5-16(7-8-17)11-13-4-10-19-12-13/h1,3,9,13H,2,4-8,10-12H2/t13-/m1/s1. The van der Waals surface area contributed by atoms with Crippen LogP contribution in [-0.4, -0.2) is 61.6 Å². The van der Waals surface area contributed by atoms with Gasteiger partial charge in [-0.2, -0.15) is 0 Å². The zero-order valence-corrected chi connectivity index (χ0v) is 11.8. The first-order chi connectivity index (χ1) is 9.83. The summed E-state index contributed by atoms with van der Waals surface area (Å²) in [6.45, 7) is 6.52. The van der Waals surface area contributed by atoms with E-state index in [1.165, 1.54) is 6.42 Å². The first-order valence-electron chi connectivity index (χ1n) is 7.46. The van der Waals surface area contributed by atoms with Crippen LogP contribution in [0.3, 0.4) is 0 Å². The van der Waals surface area contributed by atoms with Gasteiger partial charge in [0.2, 0.25) is 0 Å². The van der Waals surface area contributed by atoms with Crippen LogP contribution < -0.4 is 0 Å². The SMILES string of the molecule is O=C(c1ccco1)N1CCCN(C[C@H]2CCOC2)CC1. The van der Waals surface area contributed by atoms with Gasteiger partial charge in [-0.1, -0.05) is 0 Å². The van der Waals surface area contributed by atoms with E-state index < -0.39 is 0 Å². The van der Waals surface area contributed by atoms with E-state index in [0.29, 0.717) is 11.7 Å². The second kappa shape index (κ2) is 6.41. The highest BCUT2D eigenvalue weighted by Crippen LogP contribution is 2.16. The summed E-state index contributed by atoms with van der Waals surface area (Å²) in [5.41, 5.74) is 0. The molecule has 0 aliphatic carbocycles. The molecule has 5 heteroatoms. The number of hydrogen-bond donors (Lipinski definition) is 0. The highest BCUT2D eigenvalue weighted by atomic mass is 16.5. The molecule has 0 saturated carbocycles. The van der Waals surface area contributed by atoms with Crippen molar-refractivity contribution in [1.82, 2.24) is 9.80 Å². The summed E-state index contributed by atoms with van der Waals surface area (Å²) < 4.78 is 10.6. The second-order valence-electron chi connectivity index (χ2n) is 5.65. The van der Waals surface area contributed by atoms with Gasteiger partial charge in [0.15, 0.2) is 5.76 Å². The topological polar surface area (TPSA) is 45.9 Å². The molecular formula is C15H22N2O3. The van der Waals surface area contributed by atoms with E-state index >= 15 is 0 Å². The van der Waals surface area contributed by atoms with E-state index in [9.17, 15) is 4.79 Å². The summed E-state index contributed by atoms with van der Waals surface area (Å²) in [4.78, 5) is 16.6. The molecule has 1 aromatic heterocycles. The quantitative estimate of drug-likeness (QED) is 0.840. The molecule has 0 spiro atoms.